The van der Waals surface area contributed by atoms with Crippen molar-refractivity contribution >= 4 is 12.1 Å². The minimum Gasteiger partial charge on any atom is -0.465 e. The van der Waals surface area contributed by atoms with Crippen molar-refractivity contribution in [2.75, 3.05) is 13.7 Å². The van der Waals surface area contributed by atoms with Gasteiger partial charge >= 0.3 is 12.1 Å². The maximum atomic E-state index is 11.4. The lowest BCUT2D eigenvalue weighted by molar-refractivity contribution is 0.0600. The number of ether oxygens (including phenoxy) is 2. The summed E-state index contributed by atoms with van der Waals surface area (Å²) in [5.41, 5.74) is 1.07. The van der Waals surface area contributed by atoms with Crippen LogP contribution in [0.15, 0.2) is 18.5 Å². The van der Waals surface area contributed by atoms with Gasteiger partial charge in [0.1, 0.15) is 0 Å². The van der Waals surface area contributed by atoms with Gasteiger partial charge in [0.05, 0.1) is 19.3 Å². The van der Waals surface area contributed by atoms with Crippen molar-refractivity contribution in [3.8, 4) is 0 Å². The molecule has 1 aromatic heterocycles. The molecule has 1 aromatic rings. The fourth-order valence-electron chi connectivity index (χ4n) is 1.52. The van der Waals surface area contributed by atoms with E-state index >= 15 is 0 Å². The van der Waals surface area contributed by atoms with Crippen LogP contribution in [0.3, 0.4) is 0 Å². The highest BCUT2D eigenvalue weighted by atomic mass is 16.5. The molecule has 0 unspecified atom stereocenters. The van der Waals surface area contributed by atoms with Crippen molar-refractivity contribution in [2.24, 2.45) is 5.92 Å². The Balaban J connectivity index is 1.81. The van der Waals surface area contributed by atoms with Gasteiger partial charge in [-0.15, -0.1) is 0 Å². The third kappa shape index (κ3) is 4.24. The summed E-state index contributed by atoms with van der Waals surface area (Å²) in [5, 5.41) is 2.61. The van der Waals surface area contributed by atoms with Crippen molar-refractivity contribution in [1.82, 2.24) is 10.3 Å². The number of aromatic nitrogens is 1. The van der Waals surface area contributed by atoms with Crippen LogP contribution in [0, 0.1) is 5.92 Å². The Kier molecular flexibility index (Phi) is 4.33. The highest BCUT2D eigenvalue weighted by Crippen LogP contribution is 2.28. The third-order valence-electron chi connectivity index (χ3n) is 2.80. The molecule has 1 fully saturated rings. The molecular formula is C13H16N2O4. The van der Waals surface area contributed by atoms with Crippen LogP contribution in [0.1, 0.15) is 28.8 Å². The normalized spacial score (nSPS) is 13.7. The number of nitrogens with zero attached hydrogens (tertiary/aromatic N) is 1. The predicted molar refractivity (Wildman–Crippen MR) is 66.5 cm³/mol. The van der Waals surface area contributed by atoms with Gasteiger partial charge in [0, 0.05) is 18.9 Å². The van der Waals surface area contributed by atoms with Crippen molar-refractivity contribution in [2.45, 2.75) is 19.4 Å². The molecule has 2 rings (SSSR count). The molecule has 1 saturated carbocycles. The SMILES string of the molecule is COC(=O)c1cncc(CNC(=O)OCC2CC2)c1. The van der Waals surface area contributed by atoms with E-state index in [1.54, 1.807) is 12.3 Å². The molecule has 0 radical (unpaired) electrons. The van der Waals surface area contributed by atoms with E-state index in [-0.39, 0.29) is 6.54 Å². The second-order valence-corrected chi connectivity index (χ2v) is 4.47. The molecule has 0 atom stereocenters. The average Bonchev–Trinajstić information content (AvgIpc) is 3.26. The first-order valence-electron chi connectivity index (χ1n) is 6.12. The summed E-state index contributed by atoms with van der Waals surface area (Å²) in [5.74, 6) is 0.0840. The lowest BCUT2D eigenvalue weighted by Gasteiger charge is -2.07. The molecule has 1 aliphatic carbocycles. The molecule has 102 valence electrons. The monoisotopic (exact) mass is 264 g/mol. The zero-order chi connectivity index (χ0) is 13.7. The Bertz CT molecular complexity index is 471. The molecular weight excluding hydrogens is 248 g/mol. The number of esters is 1. The number of amides is 1. The van der Waals surface area contributed by atoms with E-state index in [1.165, 1.54) is 13.3 Å². The topological polar surface area (TPSA) is 77.5 Å². The van der Waals surface area contributed by atoms with Crippen LogP contribution in [0.4, 0.5) is 4.79 Å². The van der Waals surface area contributed by atoms with Gasteiger partial charge < -0.3 is 14.8 Å². The number of pyridine rings is 1. The standard InChI is InChI=1S/C13H16N2O4/c1-18-12(16)11-4-10(5-14-7-11)6-15-13(17)19-8-9-2-3-9/h4-5,7,9H,2-3,6,8H2,1H3,(H,15,17). The first kappa shape index (κ1) is 13.3. The average molecular weight is 264 g/mol. The third-order valence-corrected chi connectivity index (χ3v) is 2.80. The molecule has 6 nitrogen and oxygen atoms in total. The van der Waals surface area contributed by atoms with E-state index in [9.17, 15) is 9.59 Å². The second kappa shape index (κ2) is 6.17. The number of carbonyl (C=O) groups excluding carboxylic acids is 2. The molecule has 1 N–H and O–H groups in total. The molecule has 1 aliphatic rings. The maximum absolute atomic E-state index is 11.4. The van der Waals surface area contributed by atoms with Gasteiger partial charge in [0.2, 0.25) is 0 Å². The first-order chi connectivity index (χ1) is 9.19. The number of nitrogens with one attached hydrogen (secondary N) is 1. The molecule has 0 saturated heterocycles. The van der Waals surface area contributed by atoms with Gasteiger partial charge in [-0.25, -0.2) is 9.59 Å². The van der Waals surface area contributed by atoms with Crippen molar-refractivity contribution in [3.63, 3.8) is 0 Å². The molecule has 19 heavy (non-hydrogen) atoms. The number of carbonyl (C=O) groups is 2. The Hall–Kier alpha value is -2.11. The minimum absolute atomic E-state index is 0.265. The fourth-order valence-corrected chi connectivity index (χ4v) is 1.52. The van der Waals surface area contributed by atoms with Crippen molar-refractivity contribution < 1.29 is 19.1 Å². The lowest BCUT2D eigenvalue weighted by Crippen LogP contribution is -2.24. The Morgan fingerprint density at radius 3 is 2.89 bits per heavy atom. The van der Waals surface area contributed by atoms with E-state index in [0.717, 1.165) is 12.8 Å². The van der Waals surface area contributed by atoms with Gasteiger partial charge in [0.25, 0.3) is 0 Å². The number of hydrogen-bond acceptors (Lipinski definition) is 5. The van der Waals surface area contributed by atoms with Gasteiger partial charge in [0.15, 0.2) is 0 Å². The summed E-state index contributed by atoms with van der Waals surface area (Å²) < 4.78 is 9.62. The summed E-state index contributed by atoms with van der Waals surface area (Å²) in [6, 6.07) is 1.63. The largest absolute Gasteiger partial charge is 0.465 e. The summed E-state index contributed by atoms with van der Waals surface area (Å²) in [7, 11) is 1.31. The first-order valence-corrected chi connectivity index (χ1v) is 6.12. The van der Waals surface area contributed by atoms with Crippen LogP contribution in [0.25, 0.3) is 0 Å². The van der Waals surface area contributed by atoms with Crippen LogP contribution in [-0.4, -0.2) is 30.8 Å². The number of alkyl carbamates (subject to hydrolysis) is 1. The van der Waals surface area contributed by atoms with Crippen molar-refractivity contribution in [1.29, 1.82) is 0 Å². The van der Waals surface area contributed by atoms with Gasteiger partial charge in [-0.3, -0.25) is 4.98 Å². The summed E-state index contributed by atoms with van der Waals surface area (Å²) >= 11 is 0. The zero-order valence-corrected chi connectivity index (χ0v) is 10.7. The van der Waals surface area contributed by atoms with E-state index < -0.39 is 12.1 Å². The fraction of sp³-hybridized carbons (Fsp3) is 0.462. The Morgan fingerprint density at radius 1 is 1.42 bits per heavy atom. The lowest BCUT2D eigenvalue weighted by atomic mass is 10.2. The van der Waals surface area contributed by atoms with Crippen LogP contribution < -0.4 is 5.32 Å². The zero-order valence-electron chi connectivity index (χ0n) is 10.7. The summed E-state index contributed by atoms with van der Waals surface area (Å²) in [6.45, 7) is 0.744. The van der Waals surface area contributed by atoms with E-state index in [0.29, 0.717) is 23.7 Å². The van der Waals surface area contributed by atoms with Crippen LogP contribution >= 0.6 is 0 Å². The molecule has 1 heterocycles. The number of hydrogen-bond donors (Lipinski definition) is 1. The quantitative estimate of drug-likeness (QED) is 0.815. The highest BCUT2D eigenvalue weighted by Gasteiger charge is 2.22. The molecule has 0 bridgehead atoms. The minimum atomic E-state index is -0.453. The second-order valence-electron chi connectivity index (χ2n) is 4.47. The Morgan fingerprint density at radius 2 is 2.21 bits per heavy atom. The van der Waals surface area contributed by atoms with Crippen LogP contribution in [0.2, 0.25) is 0 Å². The number of rotatable bonds is 5. The predicted octanol–water partition coefficient (Wildman–Crippen LogP) is 1.50. The van der Waals surface area contributed by atoms with Gasteiger partial charge in [-0.05, 0) is 30.4 Å². The van der Waals surface area contributed by atoms with Gasteiger partial charge in [-0.1, -0.05) is 0 Å². The van der Waals surface area contributed by atoms with Crippen molar-refractivity contribution in [3.05, 3.63) is 29.6 Å². The van der Waals surface area contributed by atoms with E-state index in [4.69, 9.17) is 4.74 Å². The molecule has 1 amide bonds. The van der Waals surface area contributed by atoms with E-state index in [1.807, 2.05) is 0 Å². The van der Waals surface area contributed by atoms with Crippen LogP contribution in [0.5, 0.6) is 0 Å². The highest BCUT2D eigenvalue weighted by molar-refractivity contribution is 5.89. The number of methoxy groups -OCH3 is 1. The maximum Gasteiger partial charge on any atom is 0.407 e. The summed E-state index contributed by atoms with van der Waals surface area (Å²) in [6.07, 6.45) is 4.82. The Labute approximate surface area is 111 Å². The molecule has 6 heteroatoms. The molecule has 0 aliphatic heterocycles. The van der Waals surface area contributed by atoms with E-state index in [2.05, 4.69) is 15.0 Å². The molecule has 0 spiro atoms. The smallest absolute Gasteiger partial charge is 0.407 e. The molecule has 0 aromatic carbocycles. The summed E-state index contributed by atoms with van der Waals surface area (Å²) in [4.78, 5) is 26.6. The van der Waals surface area contributed by atoms with Gasteiger partial charge in [-0.2, -0.15) is 0 Å². The van der Waals surface area contributed by atoms with Crippen LogP contribution in [-0.2, 0) is 16.0 Å².